The molecule has 1 nitrogen and oxygen atoms in total. The number of hydrogen-bond donors (Lipinski definition) is 0. The van der Waals surface area contributed by atoms with Crippen LogP contribution < -0.4 is 0 Å². The molecule has 0 bridgehead atoms. The van der Waals surface area contributed by atoms with Crippen LogP contribution in [0.1, 0.15) is 52.0 Å². The molecule has 0 saturated carbocycles. The van der Waals surface area contributed by atoms with Crippen molar-refractivity contribution in [3.8, 4) is 52.9 Å². The van der Waals surface area contributed by atoms with Crippen LogP contribution in [0.4, 0.5) is 0 Å². The van der Waals surface area contributed by atoms with Gasteiger partial charge in [-0.3, -0.25) is 4.79 Å². The topological polar surface area (TPSA) is 17.1 Å². The lowest BCUT2D eigenvalue weighted by Gasteiger charge is -2.11. The quantitative estimate of drug-likeness (QED) is 0.165. The van der Waals surface area contributed by atoms with E-state index in [9.17, 15) is 4.79 Å². The summed E-state index contributed by atoms with van der Waals surface area (Å²) in [6.07, 6.45) is 0. The minimum Gasteiger partial charge on any atom is -0.295 e. The lowest BCUT2D eigenvalue weighted by atomic mass is 9.95. The molecule has 0 amide bonds. The maximum atomic E-state index is 12.0. The van der Waals surface area contributed by atoms with E-state index in [0.717, 1.165) is 22.3 Å². The lowest BCUT2D eigenvalue weighted by molar-refractivity contribution is 0.101. The highest BCUT2D eigenvalue weighted by Crippen LogP contribution is 2.51. The minimum atomic E-state index is 0.0824. The molecule has 2 aromatic heterocycles. The number of hydrogen-bond acceptors (Lipinski definition) is 3. The molecule has 0 N–H and O–H groups in total. The lowest BCUT2D eigenvalue weighted by Crippen LogP contribution is -1.91. The molecule has 218 valence electrons. The maximum Gasteiger partial charge on any atom is 0.159 e. The molecule has 3 heteroatoms. The van der Waals surface area contributed by atoms with Crippen LogP contribution in [0.25, 0.3) is 58.5 Å². The number of carbonyl (C=O) groups excluding carboxylic acids is 1. The van der Waals surface area contributed by atoms with Crippen molar-refractivity contribution < 1.29 is 4.79 Å². The monoisotopic (exact) mass is 608 g/mol. The van der Waals surface area contributed by atoms with Crippen molar-refractivity contribution in [1.82, 2.24) is 0 Å². The molecular weight excluding hydrogens is 573 g/mol. The largest absolute Gasteiger partial charge is 0.295 e. The maximum absolute atomic E-state index is 12.0. The molecule has 4 aromatic carbocycles. The summed E-state index contributed by atoms with van der Waals surface area (Å²) in [6, 6.07) is 34.7. The Kier molecular flexibility index (Phi) is 8.11. The SMILES string of the molecule is C=C(C)c1ccc(-c2cc(-c3cc(-c4ccc(C(C)=O)cc4)c(-c4c(C)cccc4C)s3)sc2-c2c(C)cccc2C)cc1. The summed E-state index contributed by atoms with van der Waals surface area (Å²) in [4.78, 5) is 17.1. The van der Waals surface area contributed by atoms with E-state index in [2.05, 4.69) is 126 Å². The first kappa shape index (κ1) is 29.7. The summed E-state index contributed by atoms with van der Waals surface area (Å²) in [7, 11) is 0. The van der Waals surface area contributed by atoms with Crippen molar-refractivity contribution in [2.45, 2.75) is 41.5 Å². The Bertz CT molecular complexity index is 1840. The first-order chi connectivity index (χ1) is 21.1. The van der Waals surface area contributed by atoms with Crippen LogP contribution in [-0.4, -0.2) is 5.78 Å². The molecule has 0 aliphatic rings. The fourth-order valence-electron chi connectivity index (χ4n) is 5.99. The van der Waals surface area contributed by atoms with Crippen LogP contribution in [0.15, 0.2) is 104 Å². The van der Waals surface area contributed by atoms with E-state index in [1.54, 1.807) is 6.92 Å². The van der Waals surface area contributed by atoms with Gasteiger partial charge in [0.1, 0.15) is 0 Å². The number of ketones is 1. The van der Waals surface area contributed by atoms with Gasteiger partial charge < -0.3 is 0 Å². The van der Waals surface area contributed by atoms with Crippen LogP contribution >= 0.6 is 22.7 Å². The van der Waals surface area contributed by atoms with Crippen LogP contribution in [0.5, 0.6) is 0 Å². The number of aryl methyl sites for hydroxylation is 4. The van der Waals surface area contributed by atoms with Gasteiger partial charge in [0.15, 0.2) is 5.78 Å². The number of thiophene rings is 2. The Morgan fingerprint density at radius 2 is 0.909 bits per heavy atom. The number of allylic oxidation sites excluding steroid dienone is 1. The molecule has 0 aliphatic carbocycles. The second kappa shape index (κ2) is 12.0. The van der Waals surface area contributed by atoms with Crippen LogP contribution in [-0.2, 0) is 0 Å². The Morgan fingerprint density at radius 3 is 1.25 bits per heavy atom. The Balaban J connectivity index is 1.58. The Hall–Kier alpha value is -4.31. The molecule has 44 heavy (non-hydrogen) atoms. The first-order valence-electron chi connectivity index (χ1n) is 14.9. The van der Waals surface area contributed by atoms with E-state index >= 15 is 0 Å². The second-order valence-corrected chi connectivity index (χ2v) is 13.8. The van der Waals surface area contributed by atoms with E-state index < -0.39 is 0 Å². The fourth-order valence-corrected chi connectivity index (χ4v) is 8.77. The van der Waals surface area contributed by atoms with Crippen molar-refractivity contribution in [1.29, 1.82) is 0 Å². The number of rotatable bonds is 7. The summed E-state index contributed by atoms with van der Waals surface area (Å²) in [5.74, 6) is 0.0824. The van der Waals surface area contributed by atoms with Gasteiger partial charge in [0.25, 0.3) is 0 Å². The highest BCUT2D eigenvalue weighted by atomic mass is 32.1. The third-order valence-electron chi connectivity index (χ3n) is 8.41. The van der Waals surface area contributed by atoms with Gasteiger partial charge in [-0.05, 0) is 104 Å². The van der Waals surface area contributed by atoms with E-state index in [4.69, 9.17) is 0 Å². The van der Waals surface area contributed by atoms with Gasteiger partial charge in [-0.2, -0.15) is 0 Å². The second-order valence-electron chi connectivity index (χ2n) is 11.7. The third kappa shape index (κ3) is 5.54. The van der Waals surface area contributed by atoms with E-state index in [0.29, 0.717) is 0 Å². The van der Waals surface area contributed by atoms with Gasteiger partial charge in [0, 0.05) is 36.2 Å². The zero-order chi connectivity index (χ0) is 31.1. The van der Waals surface area contributed by atoms with Gasteiger partial charge in [0.2, 0.25) is 0 Å². The molecule has 2 heterocycles. The molecule has 0 radical (unpaired) electrons. The van der Waals surface area contributed by atoms with Gasteiger partial charge in [-0.25, -0.2) is 0 Å². The average molecular weight is 609 g/mol. The molecule has 0 fully saturated rings. The van der Waals surface area contributed by atoms with Crippen molar-refractivity contribution in [3.63, 3.8) is 0 Å². The third-order valence-corrected chi connectivity index (χ3v) is 10.9. The standard InChI is InChI=1S/C41H36OS2/c1-24(2)30-14-18-32(19-15-30)34-22-36(43-40(34)38-25(3)10-8-11-26(38)4)37-23-35(33-20-16-31(17-21-33)29(7)42)41(44-37)39-27(5)12-9-13-28(39)6/h8-23H,1H2,2-7H3. The number of benzene rings is 4. The van der Waals surface area contributed by atoms with Crippen molar-refractivity contribution >= 4 is 34.0 Å². The Labute approximate surface area is 269 Å². The van der Waals surface area contributed by atoms with E-state index in [-0.39, 0.29) is 5.78 Å². The van der Waals surface area contributed by atoms with Crippen LogP contribution in [0.3, 0.4) is 0 Å². The highest BCUT2D eigenvalue weighted by molar-refractivity contribution is 7.26. The summed E-state index contributed by atoms with van der Waals surface area (Å²) in [5.41, 5.74) is 15.5. The fraction of sp³-hybridized carbons (Fsp3) is 0.146. The molecule has 0 saturated heterocycles. The molecule has 0 aliphatic heterocycles. The highest BCUT2D eigenvalue weighted by Gasteiger charge is 2.22. The predicted molar refractivity (Wildman–Crippen MR) is 193 cm³/mol. The summed E-state index contributed by atoms with van der Waals surface area (Å²) < 4.78 is 0. The minimum absolute atomic E-state index is 0.0824. The number of Topliss-reactive ketones (excluding diaryl/α,β-unsaturated/α-hetero) is 1. The smallest absolute Gasteiger partial charge is 0.159 e. The molecular formula is C41H36OS2. The van der Waals surface area contributed by atoms with Crippen molar-refractivity contribution in [2.75, 3.05) is 0 Å². The summed E-state index contributed by atoms with van der Waals surface area (Å²) >= 11 is 3.73. The first-order valence-corrected chi connectivity index (χ1v) is 16.5. The van der Waals surface area contributed by atoms with Gasteiger partial charge in [-0.15, -0.1) is 22.7 Å². The predicted octanol–water partition coefficient (Wildman–Crippen LogP) is 12.6. The summed E-state index contributed by atoms with van der Waals surface area (Å²) in [5, 5.41) is 0. The zero-order valence-corrected chi connectivity index (χ0v) is 27.8. The molecule has 0 spiro atoms. The van der Waals surface area contributed by atoms with Gasteiger partial charge in [-0.1, -0.05) is 97.1 Å². The average Bonchev–Trinajstić information content (AvgIpc) is 3.63. The zero-order valence-electron chi connectivity index (χ0n) is 26.2. The normalized spacial score (nSPS) is 11.1. The number of carbonyl (C=O) groups is 1. The molecule has 0 unspecified atom stereocenters. The van der Waals surface area contributed by atoms with Gasteiger partial charge in [0.05, 0.1) is 0 Å². The molecule has 0 atom stereocenters. The van der Waals surface area contributed by atoms with E-state index in [1.165, 1.54) is 69.6 Å². The van der Waals surface area contributed by atoms with Crippen LogP contribution in [0.2, 0.25) is 0 Å². The molecule has 6 aromatic rings. The molecule has 6 rings (SSSR count). The van der Waals surface area contributed by atoms with E-state index in [1.807, 2.05) is 34.8 Å². The summed E-state index contributed by atoms with van der Waals surface area (Å²) in [6.45, 7) is 16.6. The van der Waals surface area contributed by atoms with Gasteiger partial charge >= 0.3 is 0 Å². The Morgan fingerprint density at radius 1 is 0.545 bits per heavy atom. The van der Waals surface area contributed by atoms with Crippen molar-refractivity contribution in [2.24, 2.45) is 0 Å². The van der Waals surface area contributed by atoms with Crippen molar-refractivity contribution in [3.05, 3.63) is 137 Å². The van der Waals surface area contributed by atoms with Crippen LogP contribution in [0, 0.1) is 27.7 Å².